The van der Waals surface area contributed by atoms with Crippen molar-refractivity contribution in [3.8, 4) is 84.3 Å². The Balaban J connectivity index is 1.02. The third kappa shape index (κ3) is 7.54. The highest BCUT2D eigenvalue weighted by Crippen LogP contribution is 2.46. The van der Waals surface area contributed by atoms with Gasteiger partial charge in [-0.3, -0.25) is 13.7 Å². The minimum atomic E-state index is -0.423. The van der Waals surface area contributed by atoms with Crippen LogP contribution in [0.2, 0.25) is 0 Å². The second-order valence-electron chi connectivity index (χ2n) is 21.1. The van der Waals surface area contributed by atoms with Crippen LogP contribution in [0.15, 0.2) is 218 Å². The summed E-state index contributed by atoms with van der Waals surface area (Å²) in [6.45, 7) is 13.2. The zero-order chi connectivity index (χ0) is 53.9. The first kappa shape index (κ1) is 38.9. The molecule has 0 unspecified atom stereocenters. The Kier molecular flexibility index (Phi) is 9.02. The van der Waals surface area contributed by atoms with Crippen molar-refractivity contribution in [1.29, 1.82) is 0 Å². The summed E-state index contributed by atoms with van der Waals surface area (Å²) in [5.74, 6) is 1.98. The van der Waals surface area contributed by atoms with Crippen LogP contribution in [0.5, 0.6) is 11.5 Å². The first-order valence-corrected chi connectivity index (χ1v) is 24.9. The number of hydrogen-bond acceptors (Lipinski definition) is 2. The number of rotatable bonds is 6. The van der Waals surface area contributed by atoms with Gasteiger partial charge in [0.05, 0.1) is 40.3 Å². The molecule has 5 nitrogen and oxygen atoms in total. The molecule has 0 N–H and O–H groups in total. The summed E-state index contributed by atoms with van der Waals surface area (Å²) < 4.78 is 56.5. The Bertz CT molecular complexity index is 4420. The number of fused-ring (bicyclic) bond motifs is 10. The molecule has 0 spiro atoms. The minimum Gasteiger partial charge on any atom is -0.458 e. The van der Waals surface area contributed by atoms with Gasteiger partial charge >= 0.3 is 0 Å². The van der Waals surface area contributed by atoms with E-state index in [1.807, 2.05) is 48.7 Å². The van der Waals surface area contributed by atoms with E-state index < -0.39 is 6.04 Å². The number of benzene rings is 9. The maximum absolute atomic E-state index is 8.82. The van der Waals surface area contributed by atoms with Crippen molar-refractivity contribution in [3.05, 3.63) is 236 Å². The molecule has 0 bridgehead atoms. The highest BCUT2D eigenvalue weighted by Gasteiger charge is 2.27. The highest BCUT2D eigenvalue weighted by atomic mass is 16.5. The van der Waals surface area contributed by atoms with Crippen LogP contribution in [0.1, 0.15) is 59.5 Å². The van der Waals surface area contributed by atoms with Crippen molar-refractivity contribution in [2.24, 2.45) is 0 Å². The van der Waals surface area contributed by atoms with Crippen LogP contribution >= 0.6 is 0 Å². The van der Waals surface area contributed by atoms with Gasteiger partial charge in [-0.2, -0.15) is 0 Å². The summed E-state index contributed by atoms with van der Waals surface area (Å²) in [4.78, 5) is 4.94. The number of para-hydroxylation sites is 2. The van der Waals surface area contributed by atoms with E-state index in [1.165, 1.54) is 5.56 Å². The average molecular weight is 948 g/mol. The molecule has 73 heavy (non-hydrogen) atoms. The lowest BCUT2D eigenvalue weighted by molar-refractivity contribution is -0.570. The number of nitrogens with zero attached hydrogens (tertiary/aromatic N) is 4. The largest absolute Gasteiger partial charge is 0.458 e. The maximum Gasteiger partial charge on any atom is 0.269 e. The molecule has 3 aromatic heterocycles. The zero-order valence-corrected chi connectivity index (χ0v) is 41.6. The van der Waals surface area contributed by atoms with Crippen LogP contribution in [-0.2, 0) is 10.8 Å². The Hall–Kier alpha value is -8.80. The fourth-order valence-corrected chi connectivity index (χ4v) is 10.7. The van der Waals surface area contributed by atoms with Gasteiger partial charge in [-0.1, -0.05) is 193 Å². The monoisotopic (exact) mass is 947 g/mol. The molecule has 0 fully saturated rings. The standard InChI is InChI=1S/C68H54N4O/c1-67(2,3)47-35-36-69-64(40-47)72-61-34-31-46(44-19-9-7-10-20-44)37-60(61)57-33-32-50(42-63(57)72)73-51-39-48(68(4,5)6)38-49(41-51)70-43-71-65-52(45-21-11-8-12-22-45)27-17-28-58(65)55-25-15-13-23-53(55)54-24-14-16-26-56(54)59-29-18-30-62(70)66(59)71/h7-42H,1-6H3/i7D,9D,10D,19D,20D. The van der Waals surface area contributed by atoms with Gasteiger partial charge in [0.1, 0.15) is 17.3 Å². The van der Waals surface area contributed by atoms with Gasteiger partial charge in [0.15, 0.2) is 0 Å². The molecule has 0 aliphatic carbocycles. The highest BCUT2D eigenvalue weighted by molar-refractivity contribution is 6.11. The third-order valence-electron chi connectivity index (χ3n) is 14.4. The molecule has 0 saturated carbocycles. The summed E-state index contributed by atoms with van der Waals surface area (Å²) in [7, 11) is 0. The molecule has 0 radical (unpaired) electrons. The third-order valence-corrected chi connectivity index (χ3v) is 14.4. The van der Waals surface area contributed by atoms with Crippen molar-refractivity contribution < 1.29 is 16.2 Å². The SMILES string of the molecule is [2H]c1c([2H])c([2H])c(-c2ccc3c(c2)c2ccc(Oc4cc(-n5[c-][n+]6c7c(cccc75)-c5ccccc5-c5ccccc5-c5cccc(-c7ccccc7)c5-6)cc(C(C)(C)C)c4)cc2n3-c2cc(C(C)(C)C)ccn2)c([2H])c1[2H]. The number of aromatic nitrogens is 4. The van der Waals surface area contributed by atoms with Crippen LogP contribution in [0.4, 0.5) is 0 Å². The van der Waals surface area contributed by atoms with Gasteiger partial charge in [0.2, 0.25) is 0 Å². The zero-order valence-electron chi connectivity index (χ0n) is 46.6. The first-order chi connectivity index (χ1) is 37.5. The number of ether oxygens (including phenoxy) is 1. The summed E-state index contributed by atoms with van der Waals surface area (Å²) in [6.07, 6.45) is 5.81. The lowest BCUT2D eigenvalue weighted by atomic mass is 9.86. The van der Waals surface area contributed by atoms with Crippen molar-refractivity contribution in [2.75, 3.05) is 0 Å². The lowest BCUT2D eigenvalue weighted by Gasteiger charge is -2.22. The molecule has 5 heteroatoms. The van der Waals surface area contributed by atoms with Crippen molar-refractivity contribution >= 4 is 32.8 Å². The smallest absolute Gasteiger partial charge is 0.269 e. The van der Waals surface area contributed by atoms with Crippen molar-refractivity contribution in [2.45, 2.75) is 52.4 Å². The molecule has 0 atom stereocenters. The number of pyridine rings is 1. The van der Waals surface area contributed by atoms with Gasteiger partial charge in [0, 0.05) is 23.0 Å². The molecule has 0 amide bonds. The molecular formula is C68H54N4O. The van der Waals surface area contributed by atoms with E-state index in [4.69, 9.17) is 16.6 Å². The van der Waals surface area contributed by atoms with Crippen LogP contribution in [0.3, 0.4) is 0 Å². The van der Waals surface area contributed by atoms with Gasteiger partial charge in [-0.05, 0) is 132 Å². The predicted molar refractivity (Wildman–Crippen MR) is 300 cm³/mol. The molecule has 4 heterocycles. The normalized spacial score (nSPS) is 13.2. The first-order valence-electron chi connectivity index (χ1n) is 27.4. The molecular weight excluding hydrogens is 889 g/mol. The number of imidazole rings is 1. The Morgan fingerprint density at radius 1 is 0.479 bits per heavy atom. The number of hydrogen-bond donors (Lipinski definition) is 0. The van der Waals surface area contributed by atoms with E-state index in [0.717, 1.165) is 100 Å². The van der Waals surface area contributed by atoms with Crippen LogP contribution in [0.25, 0.3) is 106 Å². The second-order valence-corrected chi connectivity index (χ2v) is 21.1. The average Bonchev–Trinajstić information content (AvgIpc) is 4.17. The Morgan fingerprint density at radius 3 is 1.88 bits per heavy atom. The molecule has 1 aliphatic heterocycles. The van der Waals surface area contributed by atoms with E-state index in [0.29, 0.717) is 17.1 Å². The van der Waals surface area contributed by atoms with Crippen molar-refractivity contribution in [3.63, 3.8) is 0 Å². The van der Waals surface area contributed by atoms with E-state index in [-0.39, 0.29) is 40.6 Å². The maximum atomic E-state index is 8.82. The van der Waals surface area contributed by atoms with E-state index in [2.05, 4.69) is 201 Å². The topological polar surface area (TPSA) is 35.9 Å². The molecule has 352 valence electrons. The van der Waals surface area contributed by atoms with E-state index in [1.54, 1.807) is 0 Å². The summed E-state index contributed by atoms with van der Waals surface area (Å²) in [5.41, 5.74) is 17.1. The van der Waals surface area contributed by atoms with E-state index >= 15 is 0 Å². The summed E-state index contributed by atoms with van der Waals surface area (Å²) in [5, 5.41) is 1.73. The molecule has 0 saturated heterocycles. The van der Waals surface area contributed by atoms with E-state index in [9.17, 15) is 0 Å². The van der Waals surface area contributed by atoms with Crippen LogP contribution in [0, 0.1) is 6.33 Å². The second kappa shape index (κ2) is 16.9. The quantitative estimate of drug-likeness (QED) is 0.123. The minimum absolute atomic E-state index is 0.153. The summed E-state index contributed by atoms with van der Waals surface area (Å²) in [6, 6.07) is 62.0. The molecule has 13 rings (SSSR count). The van der Waals surface area contributed by atoms with Crippen LogP contribution < -0.4 is 9.30 Å². The molecule has 12 aromatic rings. The fraction of sp³-hybridized carbons (Fsp3) is 0.118. The molecule has 1 aliphatic rings. The Morgan fingerprint density at radius 2 is 1.14 bits per heavy atom. The van der Waals surface area contributed by atoms with Gasteiger partial charge in [-0.25, -0.2) is 4.98 Å². The Labute approximate surface area is 433 Å². The van der Waals surface area contributed by atoms with Gasteiger partial charge in [0.25, 0.3) is 6.33 Å². The predicted octanol–water partition coefficient (Wildman–Crippen LogP) is 17.2. The van der Waals surface area contributed by atoms with Gasteiger partial charge in [-0.15, -0.1) is 0 Å². The van der Waals surface area contributed by atoms with Crippen LogP contribution in [-0.4, -0.2) is 14.1 Å². The fourth-order valence-electron chi connectivity index (χ4n) is 10.7. The van der Waals surface area contributed by atoms with Crippen molar-refractivity contribution in [1.82, 2.24) is 14.1 Å². The van der Waals surface area contributed by atoms with Gasteiger partial charge < -0.3 is 4.74 Å². The lowest BCUT2D eigenvalue weighted by Crippen LogP contribution is -2.32. The summed E-state index contributed by atoms with van der Waals surface area (Å²) >= 11 is 0. The molecule has 9 aromatic carbocycles.